The van der Waals surface area contributed by atoms with Crippen molar-refractivity contribution in [3.8, 4) is 11.4 Å². The number of hydrogen-bond acceptors (Lipinski definition) is 7. The molecule has 0 spiro atoms. The minimum absolute atomic E-state index is 0.0137. The molecule has 0 radical (unpaired) electrons. The molecule has 0 saturated carbocycles. The zero-order valence-electron chi connectivity index (χ0n) is 16.1. The van der Waals surface area contributed by atoms with Crippen LogP contribution in [0.25, 0.3) is 5.69 Å². The molecule has 2 aromatic carbocycles. The van der Waals surface area contributed by atoms with Crippen molar-refractivity contribution in [2.75, 3.05) is 19.1 Å². The van der Waals surface area contributed by atoms with Crippen LogP contribution >= 0.6 is 0 Å². The van der Waals surface area contributed by atoms with Crippen LogP contribution in [0.3, 0.4) is 0 Å². The number of nitrogens with zero attached hydrogens (tertiary/aromatic N) is 3. The smallest absolute Gasteiger partial charge is 0.349 e. The number of hydrogen-bond donors (Lipinski definition) is 2. The molecule has 10 heteroatoms. The number of H-pyrrole nitrogens is 1. The SMILES string of the molecule is COc1ccc(-n2nc(NN(C(=O)c3ccccc3)[C@@H]3CCOC3=O)[nH]c2=O)cc1. The van der Waals surface area contributed by atoms with Crippen molar-refractivity contribution in [2.24, 2.45) is 0 Å². The summed E-state index contributed by atoms with van der Waals surface area (Å²) in [5.41, 5.74) is 3.15. The first kappa shape index (κ1) is 19.2. The average Bonchev–Trinajstić information content (AvgIpc) is 3.37. The molecular formula is C20H19N5O5. The van der Waals surface area contributed by atoms with Crippen LogP contribution in [-0.2, 0) is 9.53 Å². The fraction of sp³-hybridized carbons (Fsp3) is 0.200. The van der Waals surface area contributed by atoms with Gasteiger partial charge in [0.2, 0.25) is 5.95 Å². The van der Waals surface area contributed by atoms with Crippen LogP contribution < -0.4 is 15.9 Å². The highest BCUT2D eigenvalue weighted by Crippen LogP contribution is 2.18. The van der Waals surface area contributed by atoms with Crippen LogP contribution in [0.5, 0.6) is 5.75 Å². The Morgan fingerprint density at radius 2 is 1.93 bits per heavy atom. The number of amides is 1. The van der Waals surface area contributed by atoms with E-state index in [4.69, 9.17) is 9.47 Å². The number of esters is 1. The summed E-state index contributed by atoms with van der Waals surface area (Å²) in [5.74, 6) is -0.317. The van der Waals surface area contributed by atoms with Crippen molar-refractivity contribution in [3.05, 3.63) is 70.6 Å². The van der Waals surface area contributed by atoms with Gasteiger partial charge < -0.3 is 9.47 Å². The second kappa shape index (κ2) is 8.11. The maximum absolute atomic E-state index is 13.0. The lowest BCUT2D eigenvalue weighted by Gasteiger charge is -2.26. The van der Waals surface area contributed by atoms with E-state index in [1.807, 2.05) is 0 Å². The molecule has 1 aliphatic heterocycles. The quantitative estimate of drug-likeness (QED) is 0.466. The molecule has 1 aromatic heterocycles. The van der Waals surface area contributed by atoms with Gasteiger partial charge in [-0.05, 0) is 36.4 Å². The zero-order chi connectivity index (χ0) is 21.1. The molecule has 2 heterocycles. The Labute approximate surface area is 171 Å². The number of carbonyl (C=O) groups excluding carboxylic acids is 2. The van der Waals surface area contributed by atoms with E-state index in [1.54, 1.807) is 61.7 Å². The van der Waals surface area contributed by atoms with Gasteiger partial charge in [0.15, 0.2) is 6.04 Å². The van der Waals surface area contributed by atoms with Gasteiger partial charge in [-0.3, -0.25) is 15.2 Å². The van der Waals surface area contributed by atoms with Gasteiger partial charge in [-0.1, -0.05) is 18.2 Å². The van der Waals surface area contributed by atoms with E-state index in [2.05, 4.69) is 15.5 Å². The fourth-order valence-corrected chi connectivity index (χ4v) is 3.10. The van der Waals surface area contributed by atoms with E-state index in [0.29, 0.717) is 23.4 Å². The lowest BCUT2D eigenvalue weighted by molar-refractivity contribution is -0.141. The van der Waals surface area contributed by atoms with Gasteiger partial charge in [0.05, 0.1) is 19.4 Å². The summed E-state index contributed by atoms with van der Waals surface area (Å²) >= 11 is 0. The molecule has 1 saturated heterocycles. The molecule has 30 heavy (non-hydrogen) atoms. The van der Waals surface area contributed by atoms with Crippen LogP contribution in [0, 0.1) is 0 Å². The third-order valence-electron chi connectivity index (χ3n) is 4.62. The van der Waals surface area contributed by atoms with Gasteiger partial charge in [0, 0.05) is 12.0 Å². The topological polar surface area (TPSA) is 119 Å². The number of hydrazine groups is 1. The Bertz CT molecular complexity index is 1110. The van der Waals surface area contributed by atoms with Crippen LogP contribution in [-0.4, -0.2) is 51.4 Å². The van der Waals surface area contributed by atoms with Crippen molar-refractivity contribution in [3.63, 3.8) is 0 Å². The highest BCUT2D eigenvalue weighted by molar-refractivity contribution is 5.97. The Balaban J connectivity index is 1.64. The van der Waals surface area contributed by atoms with Gasteiger partial charge in [0.25, 0.3) is 5.91 Å². The highest BCUT2D eigenvalue weighted by atomic mass is 16.5. The molecule has 0 bridgehead atoms. The van der Waals surface area contributed by atoms with Crippen molar-refractivity contribution >= 4 is 17.8 Å². The summed E-state index contributed by atoms with van der Waals surface area (Å²) in [7, 11) is 1.55. The van der Waals surface area contributed by atoms with Crippen LogP contribution in [0.2, 0.25) is 0 Å². The summed E-state index contributed by atoms with van der Waals surface area (Å²) in [6, 6.07) is 14.4. The van der Waals surface area contributed by atoms with E-state index in [1.165, 1.54) is 0 Å². The molecule has 4 rings (SSSR count). The van der Waals surface area contributed by atoms with Crippen LogP contribution in [0.4, 0.5) is 5.95 Å². The molecule has 154 valence electrons. The lowest BCUT2D eigenvalue weighted by atomic mass is 10.1. The van der Waals surface area contributed by atoms with E-state index in [-0.39, 0.29) is 12.6 Å². The van der Waals surface area contributed by atoms with Crippen molar-refractivity contribution in [2.45, 2.75) is 12.5 Å². The first-order valence-electron chi connectivity index (χ1n) is 9.22. The second-order valence-electron chi connectivity index (χ2n) is 6.51. The summed E-state index contributed by atoms with van der Waals surface area (Å²) in [6.45, 7) is 0.209. The molecule has 0 aliphatic carbocycles. The Hall–Kier alpha value is -4.08. The number of rotatable bonds is 6. The standard InChI is InChI=1S/C20H19N5O5/c1-29-15-9-7-14(8-10-15)24-20(28)21-19(22-24)23-25(16-11-12-30-18(16)27)17(26)13-5-3-2-4-6-13/h2-10,16H,11-12H2,1H3,(H2,21,22,23,28)/t16-/m1/s1. The number of ether oxygens (including phenoxy) is 2. The van der Waals surface area contributed by atoms with Crippen LogP contribution in [0.1, 0.15) is 16.8 Å². The molecular weight excluding hydrogens is 390 g/mol. The molecule has 2 N–H and O–H groups in total. The minimum Gasteiger partial charge on any atom is -0.497 e. The Kier molecular flexibility index (Phi) is 5.21. The van der Waals surface area contributed by atoms with Gasteiger partial charge in [-0.2, -0.15) is 4.68 Å². The monoisotopic (exact) mass is 409 g/mol. The fourth-order valence-electron chi connectivity index (χ4n) is 3.10. The lowest BCUT2D eigenvalue weighted by Crippen LogP contribution is -2.47. The summed E-state index contributed by atoms with van der Waals surface area (Å²) in [6.07, 6.45) is 0.327. The summed E-state index contributed by atoms with van der Waals surface area (Å²) < 4.78 is 11.3. The summed E-state index contributed by atoms with van der Waals surface area (Å²) in [5, 5.41) is 5.34. The van der Waals surface area contributed by atoms with E-state index < -0.39 is 23.6 Å². The minimum atomic E-state index is -0.840. The average molecular weight is 409 g/mol. The van der Waals surface area contributed by atoms with Gasteiger partial charge in [-0.15, -0.1) is 5.10 Å². The van der Waals surface area contributed by atoms with Crippen LogP contribution in [0.15, 0.2) is 59.4 Å². The predicted molar refractivity (Wildman–Crippen MR) is 106 cm³/mol. The van der Waals surface area contributed by atoms with Gasteiger partial charge in [0.1, 0.15) is 5.75 Å². The Morgan fingerprint density at radius 3 is 2.57 bits per heavy atom. The molecule has 1 aliphatic rings. The third kappa shape index (κ3) is 3.75. The Morgan fingerprint density at radius 1 is 1.20 bits per heavy atom. The van der Waals surface area contributed by atoms with E-state index in [0.717, 1.165) is 9.69 Å². The van der Waals surface area contributed by atoms with Crippen molar-refractivity contribution < 1.29 is 19.1 Å². The van der Waals surface area contributed by atoms with Gasteiger partial charge >= 0.3 is 11.7 Å². The maximum Gasteiger partial charge on any atom is 0.349 e. The third-order valence-corrected chi connectivity index (χ3v) is 4.62. The molecule has 1 fully saturated rings. The van der Waals surface area contributed by atoms with E-state index >= 15 is 0 Å². The highest BCUT2D eigenvalue weighted by Gasteiger charge is 2.36. The predicted octanol–water partition coefficient (Wildman–Crippen LogP) is 1.35. The maximum atomic E-state index is 13.0. The number of methoxy groups -OCH3 is 1. The number of cyclic esters (lactones) is 1. The largest absolute Gasteiger partial charge is 0.497 e. The molecule has 1 atom stereocenters. The molecule has 0 unspecified atom stereocenters. The molecule has 10 nitrogen and oxygen atoms in total. The number of benzene rings is 2. The number of carbonyl (C=O) groups is 2. The number of anilines is 1. The molecule has 3 aromatic rings. The zero-order valence-corrected chi connectivity index (χ0v) is 16.1. The second-order valence-corrected chi connectivity index (χ2v) is 6.51. The number of aromatic amines is 1. The first-order valence-corrected chi connectivity index (χ1v) is 9.22. The van der Waals surface area contributed by atoms with Crippen molar-refractivity contribution in [1.82, 2.24) is 19.8 Å². The number of aromatic nitrogens is 3. The van der Waals surface area contributed by atoms with E-state index in [9.17, 15) is 14.4 Å². The first-order chi connectivity index (χ1) is 14.6. The molecule has 1 amide bonds. The normalized spacial score (nSPS) is 15.5. The number of nitrogens with one attached hydrogen (secondary N) is 2. The van der Waals surface area contributed by atoms with Gasteiger partial charge in [-0.25, -0.2) is 14.6 Å². The summed E-state index contributed by atoms with van der Waals surface area (Å²) in [4.78, 5) is 40.1. The van der Waals surface area contributed by atoms with Crippen molar-refractivity contribution in [1.29, 1.82) is 0 Å².